The zero-order chi connectivity index (χ0) is 13.7. The molecule has 2 atom stereocenters. The first-order valence-electron chi connectivity index (χ1n) is 6.67. The number of hydrogen-bond acceptors (Lipinski definition) is 2. The molecule has 1 aliphatic rings. The van der Waals surface area contributed by atoms with E-state index >= 15 is 0 Å². The van der Waals surface area contributed by atoms with Crippen LogP contribution in [0.15, 0.2) is 0 Å². The fourth-order valence-electron chi connectivity index (χ4n) is 2.15. The molecule has 0 radical (unpaired) electrons. The van der Waals surface area contributed by atoms with Gasteiger partial charge in [0.2, 0.25) is 0 Å². The first-order valence-corrected chi connectivity index (χ1v) is 6.67. The number of amides is 2. The molecule has 104 valence electrons. The highest BCUT2D eigenvalue weighted by Gasteiger charge is 2.27. The van der Waals surface area contributed by atoms with E-state index in [0.29, 0.717) is 24.8 Å². The Balaban J connectivity index is 2.24. The van der Waals surface area contributed by atoms with Gasteiger partial charge in [-0.15, -0.1) is 0 Å². The normalized spacial score (nSPS) is 21.1. The third kappa shape index (κ3) is 4.20. The lowest BCUT2D eigenvalue weighted by Gasteiger charge is -2.19. The molecule has 0 spiro atoms. The van der Waals surface area contributed by atoms with Crippen LogP contribution in [0.1, 0.15) is 33.6 Å². The zero-order valence-electron chi connectivity index (χ0n) is 11.5. The fourth-order valence-corrected chi connectivity index (χ4v) is 2.15. The first-order chi connectivity index (χ1) is 8.41. The van der Waals surface area contributed by atoms with Gasteiger partial charge in [-0.2, -0.15) is 0 Å². The molecule has 0 bridgehead atoms. The van der Waals surface area contributed by atoms with Crippen molar-refractivity contribution in [2.24, 2.45) is 17.8 Å². The smallest absolute Gasteiger partial charge is 0.317 e. The number of likely N-dealkylation sites (tertiary alicyclic amines) is 1. The molecule has 18 heavy (non-hydrogen) atoms. The summed E-state index contributed by atoms with van der Waals surface area (Å²) in [6.45, 7) is 8.07. The molecule has 2 amide bonds. The molecule has 0 aromatic carbocycles. The van der Waals surface area contributed by atoms with Crippen molar-refractivity contribution in [3.05, 3.63) is 0 Å². The maximum atomic E-state index is 11.8. The highest BCUT2D eigenvalue weighted by Crippen LogP contribution is 2.23. The van der Waals surface area contributed by atoms with Crippen LogP contribution in [0.5, 0.6) is 0 Å². The number of nitrogens with one attached hydrogen (secondary N) is 1. The summed E-state index contributed by atoms with van der Waals surface area (Å²) in [6.07, 6.45) is 1.54. The third-order valence-corrected chi connectivity index (χ3v) is 3.73. The van der Waals surface area contributed by atoms with Crippen molar-refractivity contribution in [1.29, 1.82) is 0 Å². The van der Waals surface area contributed by atoms with E-state index in [1.807, 2.05) is 4.90 Å². The Morgan fingerprint density at radius 1 is 1.39 bits per heavy atom. The Bertz CT molecular complexity index is 305. The van der Waals surface area contributed by atoms with E-state index in [4.69, 9.17) is 5.11 Å². The summed E-state index contributed by atoms with van der Waals surface area (Å²) in [5.74, 6) is -0.0268. The Morgan fingerprint density at radius 3 is 2.56 bits per heavy atom. The van der Waals surface area contributed by atoms with Gasteiger partial charge in [0.05, 0.1) is 5.92 Å². The summed E-state index contributed by atoms with van der Waals surface area (Å²) >= 11 is 0. The van der Waals surface area contributed by atoms with Crippen LogP contribution >= 0.6 is 0 Å². The molecule has 0 saturated carbocycles. The van der Waals surface area contributed by atoms with Crippen molar-refractivity contribution in [2.75, 3.05) is 19.6 Å². The lowest BCUT2D eigenvalue weighted by atomic mass is 9.95. The maximum Gasteiger partial charge on any atom is 0.317 e. The van der Waals surface area contributed by atoms with Gasteiger partial charge in [0.15, 0.2) is 0 Å². The molecule has 1 saturated heterocycles. The van der Waals surface area contributed by atoms with Gasteiger partial charge in [0, 0.05) is 19.6 Å². The molecular formula is C13H24N2O3. The highest BCUT2D eigenvalue weighted by molar-refractivity contribution is 5.74. The highest BCUT2D eigenvalue weighted by atomic mass is 16.4. The van der Waals surface area contributed by atoms with Crippen molar-refractivity contribution >= 4 is 12.0 Å². The summed E-state index contributed by atoms with van der Waals surface area (Å²) in [7, 11) is 0. The van der Waals surface area contributed by atoms with E-state index < -0.39 is 11.9 Å². The van der Waals surface area contributed by atoms with Crippen molar-refractivity contribution in [3.8, 4) is 0 Å². The third-order valence-electron chi connectivity index (χ3n) is 3.73. The molecule has 1 aliphatic heterocycles. The predicted octanol–water partition coefficient (Wildman–Crippen LogP) is 1.78. The average molecular weight is 256 g/mol. The molecule has 2 unspecified atom stereocenters. The second kappa shape index (κ2) is 6.61. The van der Waals surface area contributed by atoms with Crippen LogP contribution in [0.3, 0.4) is 0 Å². The molecule has 0 aliphatic carbocycles. The average Bonchev–Trinajstić information content (AvgIpc) is 2.77. The predicted molar refractivity (Wildman–Crippen MR) is 69.3 cm³/mol. The van der Waals surface area contributed by atoms with Gasteiger partial charge in [-0.1, -0.05) is 20.8 Å². The minimum atomic E-state index is -0.815. The van der Waals surface area contributed by atoms with E-state index in [9.17, 15) is 9.59 Å². The molecule has 2 N–H and O–H groups in total. The molecule has 0 aromatic rings. The fraction of sp³-hybridized carbons (Fsp3) is 0.846. The molecule has 1 rings (SSSR count). The van der Waals surface area contributed by atoms with Crippen LogP contribution in [0.2, 0.25) is 0 Å². The lowest BCUT2D eigenvalue weighted by Crippen LogP contribution is -2.39. The number of hydrogen-bond donors (Lipinski definition) is 2. The molecule has 5 nitrogen and oxygen atoms in total. The standard InChI is InChI=1S/C13H24N2O3/c1-9(2)11-5-7-15(8-11)13(18)14-6-4-10(3)12(16)17/h9-11H,4-8H2,1-3H3,(H,14,18)(H,16,17). The Morgan fingerprint density at radius 2 is 2.06 bits per heavy atom. The van der Waals surface area contributed by atoms with Crippen molar-refractivity contribution in [2.45, 2.75) is 33.6 Å². The number of aliphatic carboxylic acids is 1. The first kappa shape index (κ1) is 14.8. The second-order valence-electron chi connectivity index (χ2n) is 5.50. The maximum absolute atomic E-state index is 11.8. The Hall–Kier alpha value is -1.26. The summed E-state index contributed by atoms with van der Waals surface area (Å²) in [5, 5.41) is 11.5. The molecular weight excluding hydrogens is 232 g/mol. The van der Waals surface area contributed by atoms with Gasteiger partial charge < -0.3 is 15.3 Å². The van der Waals surface area contributed by atoms with E-state index in [1.165, 1.54) is 0 Å². The quantitative estimate of drug-likeness (QED) is 0.787. The summed E-state index contributed by atoms with van der Waals surface area (Å²) in [4.78, 5) is 24.3. The minimum absolute atomic E-state index is 0.0595. The minimum Gasteiger partial charge on any atom is -0.481 e. The van der Waals surface area contributed by atoms with Gasteiger partial charge in [0.25, 0.3) is 0 Å². The van der Waals surface area contributed by atoms with E-state index in [-0.39, 0.29) is 6.03 Å². The number of carbonyl (C=O) groups excluding carboxylic acids is 1. The van der Waals surface area contributed by atoms with Gasteiger partial charge in [-0.25, -0.2) is 4.79 Å². The number of urea groups is 1. The molecule has 1 heterocycles. The van der Waals surface area contributed by atoms with Crippen LogP contribution in [-0.2, 0) is 4.79 Å². The monoisotopic (exact) mass is 256 g/mol. The van der Waals surface area contributed by atoms with E-state index in [1.54, 1.807) is 6.92 Å². The molecule has 5 heteroatoms. The second-order valence-corrected chi connectivity index (χ2v) is 5.50. The number of rotatable bonds is 5. The zero-order valence-corrected chi connectivity index (χ0v) is 11.5. The summed E-state index contributed by atoms with van der Waals surface area (Å²) in [5.41, 5.74) is 0. The molecule has 1 fully saturated rings. The van der Waals surface area contributed by atoms with Crippen molar-refractivity contribution in [3.63, 3.8) is 0 Å². The number of carbonyl (C=O) groups is 2. The Labute approximate surface area is 109 Å². The molecule has 0 aromatic heterocycles. The van der Waals surface area contributed by atoms with Crippen LogP contribution in [0, 0.1) is 17.8 Å². The van der Waals surface area contributed by atoms with Gasteiger partial charge in [-0.3, -0.25) is 4.79 Å². The number of nitrogens with zero attached hydrogens (tertiary/aromatic N) is 1. The van der Waals surface area contributed by atoms with Crippen LogP contribution in [0.4, 0.5) is 4.79 Å². The van der Waals surface area contributed by atoms with E-state index in [0.717, 1.165) is 19.5 Å². The summed E-state index contributed by atoms with van der Waals surface area (Å²) in [6, 6.07) is -0.0595. The van der Waals surface area contributed by atoms with Gasteiger partial charge in [0.1, 0.15) is 0 Å². The SMILES string of the molecule is CC(CCNC(=O)N1CCC(C(C)C)C1)C(=O)O. The Kier molecular flexibility index (Phi) is 5.44. The van der Waals surface area contributed by atoms with Crippen LogP contribution in [-0.4, -0.2) is 41.6 Å². The van der Waals surface area contributed by atoms with Gasteiger partial charge >= 0.3 is 12.0 Å². The van der Waals surface area contributed by atoms with Crippen LogP contribution < -0.4 is 5.32 Å². The largest absolute Gasteiger partial charge is 0.481 e. The topological polar surface area (TPSA) is 69.6 Å². The lowest BCUT2D eigenvalue weighted by molar-refractivity contribution is -0.141. The van der Waals surface area contributed by atoms with Crippen molar-refractivity contribution < 1.29 is 14.7 Å². The summed E-state index contributed by atoms with van der Waals surface area (Å²) < 4.78 is 0. The van der Waals surface area contributed by atoms with Crippen molar-refractivity contribution in [1.82, 2.24) is 10.2 Å². The van der Waals surface area contributed by atoms with E-state index in [2.05, 4.69) is 19.2 Å². The number of carboxylic acid groups (broad SMARTS) is 1. The van der Waals surface area contributed by atoms with Crippen LogP contribution in [0.25, 0.3) is 0 Å². The number of carboxylic acids is 1. The van der Waals surface area contributed by atoms with Gasteiger partial charge in [-0.05, 0) is 24.7 Å².